The third kappa shape index (κ3) is 3.54. The fraction of sp³-hybridized carbons (Fsp3) is 0.667. The number of rotatable bonds is 4. The highest BCUT2D eigenvalue weighted by Gasteiger charge is 2.35. The first kappa shape index (κ1) is 14.9. The lowest BCUT2D eigenvalue weighted by Gasteiger charge is -2.34. The van der Waals surface area contributed by atoms with Crippen molar-refractivity contribution in [1.29, 1.82) is 0 Å². The predicted octanol–water partition coefficient (Wildman–Crippen LogP) is 2.28. The normalized spacial score (nSPS) is 20.3. The summed E-state index contributed by atoms with van der Waals surface area (Å²) in [6, 6.07) is 1.81. The summed E-state index contributed by atoms with van der Waals surface area (Å²) in [6.45, 7) is 6.87. The molecule has 1 aromatic rings. The number of amides is 2. The van der Waals surface area contributed by atoms with Gasteiger partial charge in [-0.25, -0.2) is 4.79 Å². The van der Waals surface area contributed by atoms with Crippen LogP contribution < -0.4 is 10.6 Å². The third-order valence-electron chi connectivity index (χ3n) is 3.66. The number of hydrogen-bond acceptors (Lipinski definition) is 3. The van der Waals surface area contributed by atoms with Gasteiger partial charge in [-0.1, -0.05) is 13.8 Å². The minimum Gasteiger partial charge on any atom is -0.466 e. The summed E-state index contributed by atoms with van der Waals surface area (Å²) in [5.74, 6) is 1.87. The molecule has 1 heterocycles. The molecule has 112 valence electrons. The van der Waals surface area contributed by atoms with Gasteiger partial charge in [0.15, 0.2) is 0 Å². The number of urea groups is 1. The molecular formula is C15H24N2O3. The van der Waals surface area contributed by atoms with Crippen LogP contribution in [0.3, 0.4) is 0 Å². The Morgan fingerprint density at radius 3 is 3.00 bits per heavy atom. The van der Waals surface area contributed by atoms with Crippen molar-refractivity contribution in [2.75, 3.05) is 13.2 Å². The van der Waals surface area contributed by atoms with Crippen molar-refractivity contribution < 1.29 is 14.3 Å². The van der Waals surface area contributed by atoms with Gasteiger partial charge in [0.2, 0.25) is 0 Å². The summed E-state index contributed by atoms with van der Waals surface area (Å²) in [5.41, 5.74) is 1.21. The summed E-state index contributed by atoms with van der Waals surface area (Å²) in [4.78, 5) is 11.9. The SMILES string of the molecule is Cc1cc2c(o1)CC(C)(C)CC2NC(=O)NCCCO. The fourth-order valence-electron chi connectivity index (χ4n) is 2.80. The van der Waals surface area contributed by atoms with Gasteiger partial charge >= 0.3 is 6.03 Å². The van der Waals surface area contributed by atoms with Gasteiger partial charge in [0.1, 0.15) is 11.5 Å². The van der Waals surface area contributed by atoms with Gasteiger partial charge in [-0.2, -0.15) is 0 Å². The van der Waals surface area contributed by atoms with E-state index in [1.165, 1.54) is 0 Å². The van der Waals surface area contributed by atoms with Crippen molar-refractivity contribution in [3.63, 3.8) is 0 Å². The first-order valence-corrected chi connectivity index (χ1v) is 7.16. The van der Waals surface area contributed by atoms with Crippen LogP contribution in [0.2, 0.25) is 0 Å². The predicted molar refractivity (Wildman–Crippen MR) is 76.5 cm³/mol. The maximum atomic E-state index is 11.9. The molecule has 0 bridgehead atoms. The molecule has 0 saturated heterocycles. The Hall–Kier alpha value is -1.49. The van der Waals surface area contributed by atoms with Crippen LogP contribution in [0.15, 0.2) is 10.5 Å². The van der Waals surface area contributed by atoms with Gasteiger partial charge in [0.05, 0.1) is 6.04 Å². The number of aliphatic hydroxyl groups excluding tert-OH is 1. The molecule has 0 aromatic carbocycles. The summed E-state index contributed by atoms with van der Waals surface area (Å²) in [7, 11) is 0. The minimum absolute atomic E-state index is 0.0136. The lowest BCUT2D eigenvalue weighted by molar-refractivity contribution is 0.213. The van der Waals surface area contributed by atoms with E-state index in [9.17, 15) is 4.79 Å². The van der Waals surface area contributed by atoms with Crippen LogP contribution in [0.1, 0.15) is 49.8 Å². The Labute approximate surface area is 119 Å². The molecule has 2 rings (SSSR count). The summed E-state index contributed by atoms with van der Waals surface area (Å²) < 4.78 is 5.75. The Bertz CT molecular complexity index is 479. The van der Waals surface area contributed by atoms with Gasteiger partial charge in [-0.3, -0.25) is 0 Å². The van der Waals surface area contributed by atoms with Crippen LogP contribution in [0.5, 0.6) is 0 Å². The molecule has 1 aliphatic carbocycles. The van der Waals surface area contributed by atoms with E-state index in [0.29, 0.717) is 13.0 Å². The number of aliphatic hydroxyl groups is 1. The Morgan fingerprint density at radius 2 is 2.30 bits per heavy atom. The van der Waals surface area contributed by atoms with Gasteiger partial charge in [0, 0.05) is 25.1 Å². The summed E-state index contributed by atoms with van der Waals surface area (Å²) in [5, 5.41) is 14.5. The van der Waals surface area contributed by atoms with E-state index >= 15 is 0 Å². The maximum absolute atomic E-state index is 11.9. The zero-order valence-electron chi connectivity index (χ0n) is 12.5. The second-order valence-electron chi connectivity index (χ2n) is 6.31. The number of nitrogens with one attached hydrogen (secondary N) is 2. The van der Waals surface area contributed by atoms with Crippen LogP contribution in [-0.2, 0) is 6.42 Å². The van der Waals surface area contributed by atoms with Gasteiger partial charge < -0.3 is 20.2 Å². The molecular weight excluding hydrogens is 256 g/mol. The minimum atomic E-state index is -0.189. The molecule has 5 heteroatoms. The van der Waals surface area contributed by atoms with E-state index in [4.69, 9.17) is 9.52 Å². The van der Waals surface area contributed by atoms with Crippen molar-refractivity contribution in [3.8, 4) is 0 Å². The van der Waals surface area contributed by atoms with Crippen LogP contribution in [0.4, 0.5) is 4.79 Å². The van der Waals surface area contributed by atoms with Crippen molar-refractivity contribution in [3.05, 3.63) is 23.2 Å². The zero-order chi connectivity index (χ0) is 14.8. The quantitative estimate of drug-likeness (QED) is 0.741. The molecule has 5 nitrogen and oxygen atoms in total. The molecule has 1 atom stereocenters. The summed E-state index contributed by atoms with van der Waals surface area (Å²) in [6.07, 6.45) is 2.37. The van der Waals surface area contributed by atoms with Gasteiger partial charge in [0.25, 0.3) is 0 Å². The lowest BCUT2D eigenvalue weighted by Crippen LogP contribution is -2.41. The number of aryl methyl sites for hydroxylation is 1. The number of carbonyl (C=O) groups is 1. The highest BCUT2D eigenvalue weighted by Crippen LogP contribution is 2.41. The van der Waals surface area contributed by atoms with E-state index in [1.807, 2.05) is 13.0 Å². The lowest BCUT2D eigenvalue weighted by atomic mass is 9.75. The van der Waals surface area contributed by atoms with E-state index in [-0.39, 0.29) is 24.1 Å². The molecule has 0 radical (unpaired) electrons. The molecule has 0 fully saturated rings. The Morgan fingerprint density at radius 1 is 1.55 bits per heavy atom. The molecule has 2 amide bonds. The van der Waals surface area contributed by atoms with Gasteiger partial charge in [-0.05, 0) is 31.2 Å². The van der Waals surface area contributed by atoms with Crippen LogP contribution in [0, 0.1) is 12.3 Å². The third-order valence-corrected chi connectivity index (χ3v) is 3.66. The number of fused-ring (bicyclic) bond motifs is 1. The molecule has 3 N–H and O–H groups in total. The van der Waals surface area contributed by atoms with E-state index in [0.717, 1.165) is 29.9 Å². The Kier molecular flexibility index (Phi) is 4.38. The standard InChI is InChI=1S/C15H24N2O3/c1-10-7-11-12(17-14(19)16-5-4-6-18)8-15(2,3)9-13(11)20-10/h7,12,18H,4-6,8-9H2,1-3H3,(H2,16,17,19). The molecule has 1 aliphatic rings. The molecule has 0 aliphatic heterocycles. The van der Waals surface area contributed by atoms with Crippen molar-refractivity contribution >= 4 is 6.03 Å². The topological polar surface area (TPSA) is 74.5 Å². The second kappa shape index (κ2) is 5.87. The van der Waals surface area contributed by atoms with Crippen LogP contribution in [-0.4, -0.2) is 24.3 Å². The fourth-order valence-corrected chi connectivity index (χ4v) is 2.80. The smallest absolute Gasteiger partial charge is 0.315 e. The average molecular weight is 280 g/mol. The molecule has 1 unspecified atom stereocenters. The van der Waals surface area contributed by atoms with Crippen molar-refractivity contribution in [1.82, 2.24) is 10.6 Å². The maximum Gasteiger partial charge on any atom is 0.315 e. The van der Waals surface area contributed by atoms with Crippen LogP contribution >= 0.6 is 0 Å². The van der Waals surface area contributed by atoms with Gasteiger partial charge in [-0.15, -0.1) is 0 Å². The second-order valence-corrected chi connectivity index (χ2v) is 6.31. The first-order valence-electron chi connectivity index (χ1n) is 7.16. The first-order chi connectivity index (χ1) is 9.41. The van der Waals surface area contributed by atoms with E-state index < -0.39 is 0 Å². The van der Waals surface area contributed by atoms with Crippen molar-refractivity contribution in [2.24, 2.45) is 5.41 Å². The largest absolute Gasteiger partial charge is 0.466 e. The summed E-state index contributed by atoms with van der Waals surface area (Å²) >= 11 is 0. The van der Waals surface area contributed by atoms with Crippen LogP contribution in [0.25, 0.3) is 0 Å². The molecule has 1 aromatic heterocycles. The molecule has 20 heavy (non-hydrogen) atoms. The molecule has 0 saturated carbocycles. The van der Waals surface area contributed by atoms with E-state index in [2.05, 4.69) is 24.5 Å². The van der Waals surface area contributed by atoms with E-state index in [1.54, 1.807) is 0 Å². The zero-order valence-corrected chi connectivity index (χ0v) is 12.5. The Balaban J connectivity index is 2.05. The number of furan rings is 1. The van der Waals surface area contributed by atoms with Crippen molar-refractivity contribution in [2.45, 2.75) is 46.1 Å². The highest BCUT2D eigenvalue weighted by atomic mass is 16.3. The monoisotopic (exact) mass is 280 g/mol. The highest BCUT2D eigenvalue weighted by molar-refractivity contribution is 5.74. The average Bonchev–Trinajstić information content (AvgIpc) is 2.68. The number of hydrogen-bond donors (Lipinski definition) is 3. The molecule has 0 spiro atoms. The number of carbonyl (C=O) groups excluding carboxylic acids is 1.